The topological polar surface area (TPSA) is 27.7 Å². The molecule has 0 aromatic heterocycles. The van der Waals surface area contributed by atoms with Crippen molar-refractivity contribution < 1.29 is 31.8 Å². The molecule has 7 heteroatoms. The first-order valence-corrected chi connectivity index (χ1v) is 12.9. The second-order valence-corrected chi connectivity index (χ2v) is 9.36. The Balaban J connectivity index is 1.48. The van der Waals surface area contributed by atoms with Crippen molar-refractivity contribution in [1.82, 2.24) is 0 Å². The van der Waals surface area contributed by atoms with Gasteiger partial charge >= 0.3 is 0 Å². The van der Waals surface area contributed by atoms with Gasteiger partial charge in [0.25, 0.3) is 0 Å². The van der Waals surface area contributed by atoms with Gasteiger partial charge in [-0.3, -0.25) is 0 Å². The maximum absolute atomic E-state index is 15.1. The standard InChI is InChI=1S/C30H32F4O3/c1-3-5-6-7-19-17-36-30(37-18-19)24-13-12-22(26(31)28(24)33)20-8-10-21(11-9-20)23-14-15-25(35-16-4-2)29(34)27(23)32/h8-15,19,30H,3-7,16-18H2,1-2H3. The van der Waals surface area contributed by atoms with E-state index >= 15 is 8.78 Å². The molecule has 198 valence electrons. The van der Waals surface area contributed by atoms with Gasteiger partial charge in [0.05, 0.1) is 19.8 Å². The summed E-state index contributed by atoms with van der Waals surface area (Å²) in [6.07, 6.45) is 4.08. The first kappa shape index (κ1) is 27.1. The SMILES string of the molecule is CCCCCC1COC(c2ccc(-c3ccc(-c4ccc(OCCC)c(F)c4F)cc3)c(F)c2F)OC1. The third-order valence-electron chi connectivity index (χ3n) is 6.56. The fraction of sp³-hybridized carbons (Fsp3) is 0.400. The van der Waals surface area contributed by atoms with Crippen LogP contribution in [0.2, 0.25) is 0 Å². The van der Waals surface area contributed by atoms with Crippen LogP contribution in [0.5, 0.6) is 5.75 Å². The second-order valence-electron chi connectivity index (χ2n) is 9.36. The Morgan fingerprint density at radius 1 is 0.703 bits per heavy atom. The van der Waals surface area contributed by atoms with Crippen LogP contribution < -0.4 is 4.74 Å². The van der Waals surface area contributed by atoms with E-state index in [0.717, 1.165) is 25.7 Å². The summed E-state index contributed by atoms with van der Waals surface area (Å²) in [5, 5.41) is 0. The average Bonchev–Trinajstić information content (AvgIpc) is 2.92. The predicted molar refractivity (Wildman–Crippen MR) is 135 cm³/mol. The van der Waals surface area contributed by atoms with Gasteiger partial charge in [-0.2, -0.15) is 4.39 Å². The van der Waals surface area contributed by atoms with Gasteiger partial charge in [0.1, 0.15) is 0 Å². The van der Waals surface area contributed by atoms with Crippen molar-refractivity contribution in [3.05, 3.63) is 77.4 Å². The zero-order valence-electron chi connectivity index (χ0n) is 21.2. The molecule has 37 heavy (non-hydrogen) atoms. The van der Waals surface area contributed by atoms with E-state index in [2.05, 4.69) is 6.92 Å². The molecule has 0 saturated carbocycles. The number of halogens is 4. The fourth-order valence-corrected chi connectivity index (χ4v) is 4.45. The number of hydrogen-bond donors (Lipinski definition) is 0. The van der Waals surface area contributed by atoms with Crippen LogP contribution in [-0.2, 0) is 9.47 Å². The van der Waals surface area contributed by atoms with E-state index in [1.807, 2.05) is 6.92 Å². The van der Waals surface area contributed by atoms with E-state index < -0.39 is 29.6 Å². The Kier molecular flexibility index (Phi) is 9.22. The third-order valence-corrected chi connectivity index (χ3v) is 6.56. The Hall–Kier alpha value is -2.90. The molecule has 0 radical (unpaired) electrons. The number of ether oxygens (including phenoxy) is 3. The molecular formula is C30H32F4O3. The molecule has 1 aliphatic rings. The van der Waals surface area contributed by atoms with Crippen LogP contribution in [0.15, 0.2) is 48.5 Å². The van der Waals surface area contributed by atoms with Gasteiger partial charge < -0.3 is 14.2 Å². The maximum Gasteiger partial charge on any atom is 0.201 e. The molecule has 1 fully saturated rings. The number of unbranched alkanes of at least 4 members (excludes halogenated alkanes) is 2. The van der Waals surface area contributed by atoms with Gasteiger partial charge in [0.15, 0.2) is 29.5 Å². The van der Waals surface area contributed by atoms with Crippen LogP contribution in [-0.4, -0.2) is 19.8 Å². The van der Waals surface area contributed by atoms with Crippen molar-refractivity contribution in [3.8, 4) is 28.0 Å². The Morgan fingerprint density at radius 2 is 1.30 bits per heavy atom. The summed E-state index contributed by atoms with van der Waals surface area (Å²) in [4.78, 5) is 0. The molecule has 1 aliphatic heterocycles. The lowest BCUT2D eigenvalue weighted by atomic mass is 9.98. The Bertz CT molecular complexity index is 1190. The fourth-order valence-electron chi connectivity index (χ4n) is 4.45. The van der Waals surface area contributed by atoms with Crippen molar-refractivity contribution in [1.29, 1.82) is 0 Å². The lowest BCUT2D eigenvalue weighted by Crippen LogP contribution is -2.27. The van der Waals surface area contributed by atoms with Crippen LogP contribution in [0.3, 0.4) is 0 Å². The van der Waals surface area contributed by atoms with Crippen molar-refractivity contribution in [2.24, 2.45) is 5.92 Å². The van der Waals surface area contributed by atoms with Crippen LogP contribution in [0, 0.1) is 29.2 Å². The molecule has 1 saturated heterocycles. The lowest BCUT2D eigenvalue weighted by Gasteiger charge is -2.30. The van der Waals surface area contributed by atoms with Gasteiger partial charge in [0.2, 0.25) is 5.82 Å². The molecule has 0 amide bonds. The highest BCUT2D eigenvalue weighted by atomic mass is 19.2. The van der Waals surface area contributed by atoms with Gasteiger partial charge in [-0.1, -0.05) is 69.5 Å². The monoisotopic (exact) mass is 516 g/mol. The van der Waals surface area contributed by atoms with Crippen molar-refractivity contribution in [2.45, 2.75) is 52.2 Å². The number of benzene rings is 3. The van der Waals surface area contributed by atoms with E-state index in [1.54, 1.807) is 12.1 Å². The second kappa shape index (κ2) is 12.6. The zero-order valence-corrected chi connectivity index (χ0v) is 21.2. The van der Waals surface area contributed by atoms with Crippen molar-refractivity contribution >= 4 is 0 Å². The van der Waals surface area contributed by atoms with Gasteiger partial charge in [-0.05, 0) is 36.1 Å². The highest BCUT2D eigenvalue weighted by Crippen LogP contribution is 2.35. The average molecular weight is 517 g/mol. The maximum atomic E-state index is 15.1. The largest absolute Gasteiger partial charge is 0.490 e. The minimum atomic E-state index is -1.06. The zero-order chi connectivity index (χ0) is 26.4. The summed E-state index contributed by atoms with van der Waals surface area (Å²) in [5.74, 6) is -4.01. The van der Waals surface area contributed by atoms with Crippen LogP contribution in [0.1, 0.15) is 57.8 Å². The summed E-state index contributed by atoms with van der Waals surface area (Å²) >= 11 is 0. The summed E-state index contributed by atoms with van der Waals surface area (Å²) in [7, 11) is 0. The highest BCUT2D eigenvalue weighted by molar-refractivity contribution is 5.71. The molecule has 0 bridgehead atoms. The summed E-state index contributed by atoms with van der Waals surface area (Å²) < 4.78 is 75.7. The number of hydrogen-bond acceptors (Lipinski definition) is 3. The summed E-state index contributed by atoms with van der Waals surface area (Å²) in [5.41, 5.74) is 0.924. The summed E-state index contributed by atoms with van der Waals surface area (Å²) in [6, 6.07) is 11.9. The minimum absolute atomic E-state index is 0.0211. The minimum Gasteiger partial charge on any atom is -0.490 e. The van der Waals surface area contributed by atoms with Crippen molar-refractivity contribution in [2.75, 3.05) is 19.8 Å². The van der Waals surface area contributed by atoms with Crippen LogP contribution >= 0.6 is 0 Å². The molecule has 0 N–H and O–H groups in total. The molecule has 1 heterocycles. The molecular weight excluding hydrogens is 484 g/mol. The van der Waals surface area contributed by atoms with Crippen LogP contribution in [0.25, 0.3) is 22.3 Å². The van der Waals surface area contributed by atoms with E-state index in [4.69, 9.17) is 14.2 Å². The van der Waals surface area contributed by atoms with Gasteiger partial charge in [0, 0.05) is 22.6 Å². The molecule has 3 nitrogen and oxygen atoms in total. The molecule has 0 aliphatic carbocycles. The van der Waals surface area contributed by atoms with Crippen LogP contribution in [0.4, 0.5) is 17.6 Å². The molecule has 0 unspecified atom stereocenters. The first-order chi connectivity index (χ1) is 17.9. The molecule has 3 aromatic carbocycles. The van der Waals surface area contributed by atoms with Gasteiger partial charge in [-0.15, -0.1) is 0 Å². The molecule has 0 atom stereocenters. The quantitative estimate of drug-likeness (QED) is 0.199. The molecule has 3 aromatic rings. The Labute approximate surface area is 215 Å². The van der Waals surface area contributed by atoms with E-state index in [1.165, 1.54) is 36.4 Å². The smallest absolute Gasteiger partial charge is 0.201 e. The summed E-state index contributed by atoms with van der Waals surface area (Å²) in [6.45, 7) is 5.18. The van der Waals surface area contributed by atoms with E-state index in [0.29, 0.717) is 30.8 Å². The van der Waals surface area contributed by atoms with Gasteiger partial charge in [-0.25, -0.2) is 13.2 Å². The Morgan fingerprint density at radius 3 is 1.89 bits per heavy atom. The predicted octanol–water partition coefficient (Wildman–Crippen LogP) is 8.61. The first-order valence-electron chi connectivity index (χ1n) is 12.9. The lowest BCUT2D eigenvalue weighted by molar-refractivity contribution is -0.207. The van der Waals surface area contributed by atoms with E-state index in [9.17, 15) is 8.78 Å². The van der Waals surface area contributed by atoms with Crippen molar-refractivity contribution in [3.63, 3.8) is 0 Å². The number of rotatable bonds is 10. The third kappa shape index (κ3) is 6.16. The highest BCUT2D eigenvalue weighted by Gasteiger charge is 2.28. The van der Waals surface area contributed by atoms with E-state index in [-0.39, 0.29) is 35.0 Å². The molecule has 0 spiro atoms. The molecule has 4 rings (SSSR count). The normalized spacial score (nSPS) is 17.7.